The molecule has 4 aromatic rings. The van der Waals surface area contributed by atoms with Gasteiger partial charge in [-0.1, -0.05) is 29.4 Å². The highest BCUT2D eigenvalue weighted by Crippen LogP contribution is 2.29. The van der Waals surface area contributed by atoms with Crippen LogP contribution in [0.5, 0.6) is 0 Å². The first-order valence-electron chi connectivity index (χ1n) is 9.04. The summed E-state index contributed by atoms with van der Waals surface area (Å²) in [7, 11) is 0. The van der Waals surface area contributed by atoms with E-state index >= 15 is 0 Å². The third-order valence-corrected chi connectivity index (χ3v) is 5.86. The highest BCUT2D eigenvalue weighted by molar-refractivity contribution is 7.98. The maximum Gasteiger partial charge on any atom is 0.336 e. The second kappa shape index (κ2) is 8.33. The van der Waals surface area contributed by atoms with Crippen LogP contribution in [0.1, 0.15) is 18.1 Å². The molecule has 0 atom stereocenters. The van der Waals surface area contributed by atoms with Gasteiger partial charge in [0.15, 0.2) is 5.16 Å². The fourth-order valence-corrected chi connectivity index (χ4v) is 4.10. The van der Waals surface area contributed by atoms with Gasteiger partial charge in [-0.2, -0.15) is 0 Å². The van der Waals surface area contributed by atoms with Crippen molar-refractivity contribution >= 4 is 45.9 Å². The Morgan fingerprint density at radius 2 is 2.07 bits per heavy atom. The average Bonchev–Trinajstić information content (AvgIpc) is 3.16. The van der Waals surface area contributed by atoms with Crippen LogP contribution in [0.2, 0.25) is 5.02 Å². The first-order valence-corrected chi connectivity index (χ1v) is 10.4. The molecule has 0 spiro atoms. The van der Waals surface area contributed by atoms with Crippen LogP contribution in [0.15, 0.2) is 63.2 Å². The molecule has 2 heterocycles. The number of hydrogen-bond acceptors (Lipinski definition) is 6. The highest BCUT2D eigenvalue weighted by atomic mass is 35.5. The third-order valence-electron chi connectivity index (χ3n) is 4.46. The first kappa shape index (κ1) is 20.2. The minimum Gasteiger partial charge on any atom is -0.423 e. The van der Waals surface area contributed by atoms with Gasteiger partial charge in [-0.15, -0.1) is 10.2 Å². The topological polar surface area (TPSA) is 90.0 Å². The van der Waals surface area contributed by atoms with Crippen LogP contribution in [0.25, 0.3) is 16.7 Å². The number of thioether (sulfide) groups is 1. The lowest BCUT2D eigenvalue weighted by Gasteiger charge is -2.09. The molecule has 0 saturated heterocycles. The quantitative estimate of drug-likeness (QED) is 0.360. The predicted octanol–water partition coefficient (Wildman–Crippen LogP) is 4.59. The van der Waals surface area contributed by atoms with Gasteiger partial charge in [0.25, 0.3) is 0 Å². The maximum atomic E-state index is 12.0. The van der Waals surface area contributed by atoms with Crippen LogP contribution in [-0.4, -0.2) is 20.7 Å². The fraction of sp³-hybridized carbons (Fsp3) is 0.143. The number of carbonyl (C=O) groups is 1. The highest BCUT2D eigenvalue weighted by Gasteiger charge is 2.12. The van der Waals surface area contributed by atoms with Gasteiger partial charge in [0, 0.05) is 40.9 Å². The van der Waals surface area contributed by atoms with E-state index in [0.29, 0.717) is 27.2 Å². The molecule has 4 rings (SSSR count). The number of nitrogens with one attached hydrogen (secondary N) is 1. The van der Waals surface area contributed by atoms with E-state index in [-0.39, 0.29) is 5.91 Å². The zero-order valence-corrected chi connectivity index (χ0v) is 17.8. The Hall–Kier alpha value is -3.10. The lowest BCUT2D eigenvalue weighted by atomic mass is 10.1. The second-order valence-corrected chi connectivity index (χ2v) is 8.04. The minimum atomic E-state index is -0.454. The summed E-state index contributed by atoms with van der Waals surface area (Å²) in [4.78, 5) is 23.3. The molecule has 1 amide bonds. The summed E-state index contributed by atoms with van der Waals surface area (Å²) in [5, 5.41) is 13.0. The largest absolute Gasteiger partial charge is 0.423 e. The van der Waals surface area contributed by atoms with Crippen molar-refractivity contribution in [2.45, 2.75) is 24.8 Å². The standard InChI is InChI=1S/C21H17ClN4O3S/c1-12-3-5-16(9-18(12)22)26-11-23-25-21(26)30-10-14-7-20(28)29-19-8-15(24-13(2)27)4-6-17(14)19/h3-9,11H,10H2,1-2H3,(H,24,27). The molecule has 9 heteroatoms. The molecule has 152 valence electrons. The zero-order chi connectivity index (χ0) is 21.3. The minimum absolute atomic E-state index is 0.195. The number of nitrogens with zero attached hydrogens (tertiary/aromatic N) is 3. The van der Waals surface area contributed by atoms with Gasteiger partial charge in [0.05, 0.1) is 5.69 Å². The van der Waals surface area contributed by atoms with Crippen molar-refractivity contribution in [1.82, 2.24) is 14.8 Å². The molecule has 30 heavy (non-hydrogen) atoms. The van der Waals surface area contributed by atoms with Crippen molar-refractivity contribution in [2.24, 2.45) is 0 Å². The number of carbonyl (C=O) groups excluding carboxylic acids is 1. The summed E-state index contributed by atoms with van der Waals surface area (Å²) >= 11 is 7.70. The summed E-state index contributed by atoms with van der Waals surface area (Å²) in [6, 6.07) is 12.5. The Balaban J connectivity index is 1.63. The van der Waals surface area contributed by atoms with E-state index in [9.17, 15) is 9.59 Å². The third kappa shape index (κ3) is 4.24. The summed E-state index contributed by atoms with van der Waals surface area (Å²) in [5.74, 6) is 0.291. The molecule has 7 nitrogen and oxygen atoms in total. The van der Waals surface area contributed by atoms with Crippen LogP contribution in [0, 0.1) is 6.92 Å². The Labute approximate surface area is 181 Å². The molecule has 2 aromatic heterocycles. The number of anilines is 1. The number of rotatable bonds is 5. The molecule has 1 N–H and O–H groups in total. The maximum absolute atomic E-state index is 12.0. The predicted molar refractivity (Wildman–Crippen MR) is 117 cm³/mol. The summed E-state index contributed by atoms with van der Waals surface area (Å²) in [5.41, 5.74) is 3.18. The Morgan fingerprint density at radius 3 is 2.83 bits per heavy atom. The molecule has 2 aromatic carbocycles. The number of hydrogen-bond donors (Lipinski definition) is 1. The van der Waals surface area contributed by atoms with Gasteiger partial charge in [-0.3, -0.25) is 9.36 Å². The van der Waals surface area contributed by atoms with Gasteiger partial charge in [0.2, 0.25) is 5.91 Å². The molecule has 0 fully saturated rings. The molecule has 0 aliphatic carbocycles. The van der Waals surface area contributed by atoms with Crippen LogP contribution in [-0.2, 0) is 10.5 Å². The number of fused-ring (bicyclic) bond motifs is 1. The van der Waals surface area contributed by atoms with Crippen molar-refractivity contribution in [3.8, 4) is 5.69 Å². The van der Waals surface area contributed by atoms with Gasteiger partial charge in [0.1, 0.15) is 11.9 Å². The first-order chi connectivity index (χ1) is 14.4. The van der Waals surface area contributed by atoms with Crippen LogP contribution < -0.4 is 10.9 Å². The van der Waals surface area contributed by atoms with E-state index < -0.39 is 5.63 Å². The molecule has 0 aliphatic rings. The molecule has 0 aliphatic heterocycles. The molecular weight excluding hydrogens is 424 g/mol. The van der Waals surface area contributed by atoms with E-state index in [0.717, 1.165) is 22.2 Å². The molecule has 0 radical (unpaired) electrons. The Kier molecular flexibility index (Phi) is 5.61. The van der Waals surface area contributed by atoms with E-state index in [1.807, 2.05) is 35.8 Å². The van der Waals surface area contributed by atoms with Gasteiger partial charge in [-0.25, -0.2) is 4.79 Å². The lowest BCUT2D eigenvalue weighted by molar-refractivity contribution is -0.114. The monoisotopic (exact) mass is 440 g/mol. The van der Waals surface area contributed by atoms with Gasteiger partial charge in [-0.05, 0) is 42.3 Å². The average molecular weight is 441 g/mol. The van der Waals surface area contributed by atoms with Crippen molar-refractivity contribution < 1.29 is 9.21 Å². The van der Waals surface area contributed by atoms with Crippen molar-refractivity contribution in [1.29, 1.82) is 0 Å². The molecule has 0 unspecified atom stereocenters. The Morgan fingerprint density at radius 1 is 1.23 bits per heavy atom. The number of aryl methyl sites for hydroxylation is 1. The Bertz CT molecular complexity index is 1320. The molecular formula is C21H17ClN4O3S. The SMILES string of the molecule is CC(=O)Nc1ccc2c(CSc3nncn3-c3ccc(C)c(Cl)c3)cc(=O)oc2c1. The van der Waals surface area contributed by atoms with E-state index in [2.05, 4.69) is 15.5 Å². The number of halogens is 1. The lowest BCUT2D eigenvalue weighted by Crippen LogP contribution is -2.06. The number of aromatic nitrogens is 3. The van der Waals surface area contributed by atoms with Gasteiger partial charge >= 0.3 is 5.63 Å². The van der Waals surface area contributed by atoms with Crippen molar-refractivity contribution in [3.63, 3.8) is 0 Å². The van der Waals surface area contributed by atoms with E-state index in [1.165, 1.54) is 24.8 Å². The van der Waals surface area contributed by atoms with E-state index in [4.69, 9.17) is 16.0 Å². The van der Waals surface area contributed by atoms with Crippen LogP contribution in [0.4, 0.5) is 5.69 Å². The van der Waals surface area contributed by atoms with Gasteiger partial charge < -0.3 is 9.73 Å². The summed E-state index contributed by atoms with van der Waals surface area (Å²) in [6.45, 7) is 3.36. The molecule has 0 bridgehead atoms. The smallest absolute Gasteiger partial charge is 0.336 e. The number of amides is 1. The normalized spacial score (nSPS) is 11.0. The van der Waals surface area contributed by atoms with E-state index in [1.54, 1.807) is 18.5 Å². The molecule has 0 saturated carbocycles. The summed E-state index contributed by atoms with van der Waals surface area (Å²) in [6.07, 6.45) is 1.63. The second-order valence-electron chi connectivity index (χ2n) is 6.69. The zero-order valence-electron chi connectivity index (χ0n) is 16.2. The number of benzene rings is 2. The van der Waals surface area contributed by atoms with Crippen LogP contribution in [0.3, 0.4) is 0 Å². The summed E-state index contributed by atoms with van der Waals surface area (Å²) < 4.78 is 7.16. The van der Waals surface area contributed by atoms with Crippen LogP contribution >= 0.6 is 23.4 Å². The fourth-order valence-electron chi connectivity index (χ4n) is 3.00. The van der Waals surface area contributed by atoms with Crippen molar-refractivity contribution in [3.05, 3.63) is 75.4 Å². The van der Waals surface area contributed by atoms with Crippen molar-refractivity contribution in [2.75, 3.05) is 5.32 Å².